The van der Waals surface area contributed by atoms with Crippen LogP contribution in [0, 0.1) is 0 Å². The molecule has 0 fully saturated rings. The monoisotopic (exact) mass is 584 g/mol. The fourth-order valence-electron chi connectivity index (χ4n) is 6.91. The highest BCUT2D eigenvalue weighted by atomic mass is 32.1. The van der Waals surface area contributed by atoms with Crippen molar-refractivity contribution in [3.63, 3.8) is 0 Å². The molecule has 0 atom stereocenters. The number of hydrogen-bond acceptors (Lipinski definition) is 5. The van der Waals surface area contributed by atoms with E-state index in [0.29, 0.717) is 0 Å². The number of thiophene rings is 1. The van der Waals surface area contributed by atoms with Gasteiger partial charge in [0.25, 0.3) is 0 Å². The number of aryl methyl sites for hydroxylation is 1. The van der Waals surface area contributed by atoms with Crippen LogP contribution in [-0.4, -0.2) is 4.98 Å². The molecule has 208 valence electrons. The first kappa shape index (κ1) is 24.1. The largest absolute Gasteiger partial charge is 0.456 e. The molecular formula is C39H24N2O2S. The number of pyridine rings is 1. The summed E-state index contributed by atoms with van der Waals surface area (Å²) >= 11 is 1.75. The highest BCUT2D eigenvalue weighted by molar-refractivity contribution is 7.25. The summed E-state index contributed by atoms with van der Waals surface area (Å²) in [6.07, 6.45) is 6.32. The van der Waals surface area contributed by atoms with Gasteiger partial charge in [-0.1, -0.05) is 48.5 Å². The van der Waals surface area contributed by atoms with E-state index in [4.69, 9.17) is 13.8 Å². The smallest absolute Gasteiger partial charge is 0.137 e. The molecule has 0 spiro atoms. The Balaban J connectivity index is 1.27. The molecule has 1 aliphatic rings. The minimum Gasteiger partial charge on any atom is -0.456 e. The number of rotatable bonds is 3. The Hall–Kier alpha value is -5.39. The number of para-hydroxylation sites is 2. The lowest BCUT2D eigenvalue weighted by Gasteiger charge is -2.26. The predicted molar refractivity (Wildman–Crippen MR) is 184 cm³/mol. The summed E-state index contributed by atoms with van der Waals surface area (Å²) in [4.78, 5) is 8.49. The van der Waals surface area contributed by atoms with Gasteiger partial charge in [0.05, 0.1) is 11.2 Å². The average molecular weight is 585 g/mol. The van der Waals surface area contributed by atoms with Crippen LogP contribution >= 0.6 is 11.3 Å². The molecule has 0 bridgehead atoms. The zero-order chi connectivity index (χ0) is 28.8. The van der Waals surface area contributed by atoms with Crippen molar-refractivity contribution in [1.82, 2.24) is 4.98 Å². The Labute approximate surface area is 256 Å². The molecular weight excluding hydrogens is 561 g/mol. The van der Waals surface area contributed by atoms with Gasteiger partial charge in [0, 0.05) is 60.0 Å². The maximum atomic E-state index is 6.38. The number of furan rings is 2. The van der Waals surface area contributed by atoms with Crippen LogP contribution in [-0.2, 0) is 6.42 Å². The van der Waals surface area contributed by atoms with Gasteiger partial charge in [0.1, 0.15) is 27.3 Å². The van der Waals surface area contributed by atoms with Crippen LogP contribution < -0.4 is 4.90 Å². The maximum absolute atomic E-state index is 6.38. The van der Waals surface area contributed by atoms with Gasteiger partial charge in [0.2, 0.25) is 0 Å². The molecule has 0 amide bonds. The number of anilines is 3. The maximum Gasteiger partial charge on any atom is 0.137 e. The van der Waals surface area contributed by atoms with Gasteiger partial charge >= 0.3 is 0 Å². The number of allylic oxidation sites excluding steroid dienone is 1. The third kappa shape index (κ3) is 3.47. The summed E-state index contributed by atoms with van der Waals surface area (Å²) in [6, 6.07) is 38.6. The van der Waals surface area contributed by atoms with Crippen molar-refractivity contribution in [2.45, 2.75) is 12.8 Å². The second kappa shape index (κ2) is 9.06. The topological polar surface area (TPSA) is 42.4 Å². The van der Waals surface area contributed by atoms with Crippen molar-refractivity contribution in [2.75, 3.05) is 4.90 Å². The number of aromatic nitrogens is 1. The van der Waals surface area contributed by atoms with Crippen LogP contribution in [0.2, 0.25) is 0 Å². The molecule has 1 aliphatic carbocycles. The lowest BCUT2D eigenvalue weighted by atomic mass is 10.0. The highest BCUT2D eigenvalue weighted by Gasteiger charge is 2.22. The average Bonchev–Trinajstić information content (AvgIpc) is 3.74. The van der Waals surface area contributed by atoms with Gasteiger partial charge < -0.3 is 13.7 Å². The number of hydrogen-bond donors (Lipinski definition) is 0. The predicted octanol–water partition coefficient (Wildman–Crippen LogP) is 11.7. The normalized spacial score (nSPS) is 13.2. The van der Waals surface area contributed by atoms with E-state index in [-0.39, 0.29) is 0 Å². The van der Waals surface area contributed by atoms with Gasteiger partial charge in [-0.05, 0) is 79.6 Å². The van der Waals surface area contributed by atoms with Crippen LogP contribution in [0.4, 0.5) is 17.1 Å². The van der Waals surface area contributed by atoms with Gasteiger partial charge in [-0.15, -0.1) is 11.3 Å². The van der Waals surface area contributed by atoms with Gasteiger partial charge in [-0.2, -0.15) is 0 Å². The third-order valence-electron chi connectivity index (χ3n) is 8.92. The molecule has 0 radical (unpaired) electrons. The van der Waals surface area contributed by atoms with Crippen molar-refractivity contribution < 1.29 is 8.83 Å². The molecule has 4 heterocycles. The van der Waals surface area contributed by atoms with Crippen LogP contribution in [0.3, 0.4) is 0 Å². The molecule has 44 heavy (non-hydrogen) atoms. The van der Waals surface area contributed by atoms with Gasteiger partial charge in [-0.3, -0.25) is 0 Å². The molecule has 0 aliphatic heterocycles. The quantitative estimate of drug-likeness (QED) is 0.207. The van der Waals surface area contributed by atoms with Crippen molar-refractivity contribution in [3.05, 3.63) is 127 Å². The fourth-order valence-corrected chi connectivity index (χ4v) is 7.99. The molecule has 0 saturated heterocycles. The van der Waals surface area contributed by atoms with Crippen molar-refractivity contribution in [3.8, 4) is 0 Å². The van der Waals surface area contributed by atoms with Crippen LogP contribution in [0.5, 0.6) is 0 Å². The Morgan fingerprint density at radius 3 is 2.50 bits per heavy atom. The van der Waals surface area contributed by atoms with Gasteiger partial charge in [0.15, 0.2) is 0 Å². The SMILES string of the molecule is C1=Cc2oc3ccc(N(c4ccc5c(c4)oc4ccccc45)c4cccc5sc6nc7ccccc7cc6c45)cc3c2CC1. The van der Waals surface area contributed by atoms with E-state index in [1.54, 1.807) is 11.3 Å². The van der Waals surface area contributed by atoms with Crippen LogP contribution in [0.1, 0.15) is 17.7 Å². The summed E-state index contributed by atoms with van der Waals surface area (Å²) in [5.41, 5.74) is 8.22. The molecule has 9 aromatic rings. The molecule has 5 heteroatoms. The van der Waals surface area contributed by atoms with E-state index in [0.717, 1.165) is 78.9 Å². The first-order valence-corrected chi connectivity index (χ1v) is 15.7. The van der Waals surface area contributed by atoms with E-state index in [1.807, 2.05) is 12.1 Å². The molecule has 0 unspecified atom stereocenters. The Morgan fingerprint density at radius 1 is 0.659 bits per heavy atom. The summed E-state index contributed by atoms with van der Waals surface area (Å²) in [5.74, 6) is 0.975. The first-order chi connectivity index (χ1) is 21.8. The number of nitrogens with zero attached hydrogens (tertiary/aromatic N) is 2. The number of fused-ring (bicyclic) bond motifs is 10. The van der Waals surface area contributed by atoms with E-state index in [1.165, 1.54) is 26.4 Å². The van der Waals surface area contributed by atoms with E-state index < -0.39 is 0 Å². The summed E-state index contributed by atoms with van der Waals surface area (Å²) < 4.78 is 13.8. The van der Waals surface area contributed by atoms with E-state index in [9.17, 15) is 0 Å². The summed E-state index contributed by atoms with van der Waals surface area (Å²) in [5, 5.41) is 6.93. The zero-order valence-corrected chi connectivity index (χ0v) is 24.4. The van der Waals surface area contributed by atoms with Crippen molar-refractivity contribution in [2.24, 2.45) is 0 Å². The zero-order valence-electron chi connectivity index (χ0n) is 23.6. The minimum absolute atomic E-state index is 0.871. The Bertz CT molecular complexity index is 2640. The van der Waals surface area contributed by atoms with Crippen LogP contribution in [0.15, 0.2) is 124 Å². The summed E-state index contributed by atoms with van der Waals surface area (Å²) in [7, 11) is 0. The molecule has 4 nitrogen and oxygen atoms in total. The minimum atomic E-state index is 0.871. The standard InChI is InChI=1S/C39H24N2O2S/c1-4-11-31-23(8-1)20-30-38-32(12-7-15-37(38)44-39(30)40-31)41(24-17-19-35-29(21-24)27-10-3-6-14-34(27)42-35)25-16-18-28-26-9-2-5-13-33(26)43-36(28)22-25/h1-2,4-9,11-22H,3,10H2. The first-order valence-electron chi connectivity index (χ1n) is 14.9. The second-order valence-electron chi connectivity index (χ2n) is 11.5. The lowest BCUT2D eigenvalue weighted by molar-refractivity contribution is 0.595. The molecule has 5 aromatic carbocycles. The van der Waals surface area contributed by atoms with E-state index in [2.05, 4.69) is 114 Å². The van der Waals surface area contributed by atoms with E-state index >= 15 is 0 Å². The van der Waals surface area contributed by atoms with Crippen molar-refractivity contribution in [1.29, 1.82) is 0 Å². The van der Waals surface area contributed by atoms with Crippen molar-refractivity contribution >= 4 is 98.6 Å². The van der Waals surface area contributed by atoms with Crippen LogP contribution in [0.25, 0.3) is 70.2 Å². The fraction of sp³-hybridized carbons (Fsp3) is 0.0513. The molecule has 0 N–H and O–H groups in total. The molecule has 0 saturated carbocycles. The second-order valence-corrected chi connectivity index (χ2v) is 12.5. The Morgan fingerprint density at radius 2 is 1.50 bits per heavy atom. The number of benzene rings is 5. The molecule has 4 aromatic heterocycles. The Kier molecular flexibility index (Phi) is 4.96. The lowest BCUT2D eigenvalue weighted by Crippen LogP contribution is -2.10. The highest BCUT2D eigenvalue weighted by Crippen LogP contribution is 2.47. The summed E-state index contributed by atoms with van der Waals surface area (Å²) in [6.45, 7) is 0. The third-order valence-corrected chi connectivity index (χ3v) is 9.99. The molecule has 10 rings (SSSR count). The van der Waals surface area contributed by atoms with Gasteiger partial charge in [-0.25, -0.2) is 4.98 Å².